The van der Waals surface area contributed by atoms with Crippen molar-refractivity contribution in [2.24, 2.45) is 49.3 Å². The fourth-order valence-electron chi connectivity index (χ4n) is 13.4. The van der Waals surface area contributed by atoms with Gasteiger partial charge >= 0.3 is 0 Å². The van der Waals surface area contributed by atoms with E-state index in [1.54, 1.807) is 18.2 Å². The zero-order valence-corrected chi connectivity index (χ0v) is 59.3. The Labute approximate surface area is 580 Å². The summed E-state index contributed by atoms with van der Waals surface area (Å²) >= 11 is 0. The van der Waals surface area contributed by atoms with E-state index in [1.165, 1.54) is 89.5 Å². The highest BCUT2D eigenvalue weighted by Crippen LogP contribution is 2.35. The Bertz CT molecular complexity index is 5250. The fourth-order valence-corrected chi connectivity index (χ4v) is 13.4. The SMILES string of the molecule is Cc1ccccc1-c1n(-c2c(C(C)C)cccc2C(C)C)cc[n+]1C.Cc1ccccc1-c1n(C)c2ccccc2[n+]1C.Cc1ccccc1-c1n(C)cc[n+]1C.[2H]C([2H])([2H])c1cc(C)cc(-c2ccc3ccccc3[n+]2C)c1C.[2H]C([2H])([2H])c1ccc(-c2ccc3ccccc3[n+]2C)c(C)c1. The molecule has 0 radical (unpaired) electrons. The lowest BCUT2D eigenvalue weighted by Crippen LogP contribution is -2.32. The molecule has 0 aliphatic carbocycles. The molecule has 0 atom stereocenters. The molecule has 0 bridgehead atoms. The molecule has 486 valence electrons. The van der Waals surface area contributed by atoms with Gasteiger partial charge in [0.1, 0.15) is 44.6 Å². The summed E-state index contributed by atoms with van der Waals surface area (Å²) in [6.45, 7) is 17.2. The van der Waals surface area contributed by atoms with Gasteiger partial charge < -0.3 is 0 Å². The molecule has 14 aromatic rings. The molecule has 0 fully saturated rings. The average Bonchev–Trinajstić information content (AvgIpc) is 1.38. The van der Waals surface area contributed by atoms with Crippen LogP contribution in [0.1, 0.15) is 103 Å². The highest BCUT2D eigenvalue weighted by molar-refractivity contribution is 5.80. The molecule has 0 saturated carbocycles. The Morgan fingerprint density at radius 1 is 0.365 bits per heavy atom. The number of pyridine rings is 2. The molecule has 96 heavy (non-hydrogen) atoms. The van der Waals surface area contributed by atoms with E-state index in [4.69, 9.17) is 8.22 Å². The molecule has 9 aromatic carbocycles. The van der Waals surface area contributed by atoms with E-state index in [9.17, 15) is 0 Å². The van der Waals surface area contributed by atoms with Crippen molar-refractivity contribution >= 4 is 32.8 Å². The van der Waals surface area contributed by atoms with Crippen LogP contribution >= 0.6 is 0 Å². The summed E-state index contributed by atoms with van der Waals surface area (Å²) in [4.78, 5) is 0. The molecule has 0 amide bonds. The Balaban J connectivity index is 0.000000139. The Kier molecular flexibility index (Phi) is 18.9. The maximum atomic E-state index is 7.78. The maximum absolute atomic E-state index is 7.78. The average molecular weight is 1270 g/mol. The molecule has 0 aliphatic heterocycles. The molecule has 0 spiro atoms. The summed E-state index contributed by atoms with van der Waals surface area (Å²) in [6, 6.07) is 74.8. The minimum absolute atomic E-state index is 0.386. The van der Waals surface area contributed by atoms with Crippen molar-refractivity contribution in [2.45, 2.75) is 94.8 Å². The van der Waals surface area contributed by atoms with Crippen LogP contribution in [0, 0.1) is 55.2 Å². The van der Waals surface area contributed by atoms with Crippen LogP contribution in [0.2, 0.25) is 0 Å². The van der Waals surface area contributed by atoms with Gasteiger partial charge in [-0.05, 0) is 167 Å². The van der Waals surface area contributed by atoms with Crippen molar-refractivity contribution in [3.8, 4) is 62.4 Å². The molecule has 0 unspecified atom stereocenters. The van der Waals surface area contributed by atoms with E-state index >= 15 is 0 Å². The van der Waals surface area contributed by atoms with Crippen molar-refractivity contribution in [3.63, 3.8) is 0 Å². The van der Waals surface area contributed by atoms with E-state index in [1.807, 2.05) is 65.2 Å². The van der Waals surface area contributed by atoms with E-state index in [0.717, 1.165) is 50.2 Å². The van der Waals surface area contributed by atoms with Gasteiger partial charge in [0.05, 0.1) is 51.9 Å². The number of fused-ring (bicyclic) bond motifs is 3. The van der Waals surface area contributed by atoms with Gasteiger partial charge in [0, 0.05) is 65.5 Å². The normalized spacial score (nSPS) is 12.2. The topological polar surface area (TPSA) is 34.2 Å². The molecule has 8 nitrogen and oxygen atoms in total. The second-order valence-corrected chi connectivity index (χ2v) is 26.1. The lowest BCUT2D eigenvalue weighted by atomic mass is 9.92. The minimum Gasteiger partial charge on any atom is -0.233 e. The first-order valence-electron chi connectivity index (χ1n) is 36.3. The number of hydrogen-bond donors (Lipinski definition) is 0. The molecular weight excluding hydrogens is 1170 g/mol. The van der Waals surface area contributed by atoms with E-state index in [-0.39, 0.29) is 0 Å². The summed E-state index contributed by atoms with van der Waals surface area (Å²) < 4.78 is 63.6. The lowest BCUT2D eigenvalue weighted by Gasteiger charge is -2.18. The maximum Gasteiger partial charge on any atom is 0.294 e. The summed E-state index contributed by atoms with van der Waals surface area (Å²) in [7, 11) is 14.6. The predicted octanol–water partition coefficient (Wildman–Crippen LogP) is 18.5. The van der Waals surface area contributed by atoms with Crippen LogP contribution < -0.4 is 22.8 Å². The molecule has 14 rings (SSSR count). The number of benzene rings is 9. The van der Waals surface area contributed by atoms with Crippen LogP contribution in [0.5, 0.6) is 0 Å². The van der Waals surface area contributed by atoms with Crippen LogP contribution in [0.3, 0.4) is 0 Å². The molecular formula is C88H99N8+5. The lowest BCUT2D eigenvalue weighted by molar-refractivity contribution is -0.659. The third-order valence-electron chi connectivity index (χ3n) is 18.7. The zero-order chi connectivity index (χ0) is 73.6. The van der Waals surface area contributed by atoms with Crippen LogP contribution in [0.15, 0.2) is 243 Å². The van der Waals surface area contributed by atoms with E-state index in [0.29, 0.717) is 23.0 Å². The summed E-state index contributed by atoms with van der Waals surface area (Å²) in [5.74, 6) is 4.67. The number of aromatic nitrogens is 8. The molecule has 0 saturated heterocycles. The third-order valence-corrected chi connectivity index (χ3v) is 18.7. The number of rotatable bonds is 8. The van der Waals surface area contributed by atoms with Crippen LogP contribution in [0.4, 0.5) is 0 Å². The number of para-hydroxylation sites is 5. The summed E-state index contributed by atoms with van der Waals surface area (Å²) in [5.41, 5.74) is 24.4. The van der Waals surface area contributed by atoms with Crippen molar-refractivity contribution in [1.82, 2.24) is 13.7 Å². The first-order chi connectivity index (χ1) is 48.5. The second-order valence-electron chi connectivity index (χ2n) is 26.1. The molecule has 8 heteroatoms. The first kappa shape index (κ1) is 60.6. The number of hydrogen-bond acceptors (Lipinski definition) is 0. The Morgan fingerprint density at radius 3 is 1.33 bits per heavy atom. The van der Waals surface area contributed by atoms with Gasteiger partial charge in [-0.15, -0.1) is 0 Å². The molecule has 0 aliphatic rings. The van der Waals surface area contributed by atoms with Gasteiger partial charge in [0.15, 0.2) is 11.0 Å². The molecule has 5 aromatic heterocycles. The zero-order valence-electron chi connectivity index (χ0n) is 65.3. The van der Waals surface area contributed by atoms with Crippen LogP contribution in [0.25, 0.3) is 95.2 Å². The van der Waals surface area contributed by atoms with Gasteiger partial charge in [-0.3, -0.25) is 0 Å². The minimum atomic E-state index is -2.10. The number of imidazole rings is 3. The van der Waals surface area contributed by atoms with Crippen LogP contribution in [-0.4, -0.2) is 13.7 Å². The van der Waals surface area contributed by atoms with Crippen LogP contribution in [-0.2, 0) is 49.3 Å². The van der Waals surface area contributed by atoms with Gasteiger partial charge in [0.25, 0.3) is 17.5 Å². The Hall–Kier alpha value is -10.3. The highest BCUT2D eigenvalue weighted by atomic mass is 15.2. The van der Waals surface area contributed by atoms with Crippen molar-refractivity contribution in [2.75, 3.05) is 0 Å². The number of aryl methyl sites for hydroxylation is 14. The van der Waals surface area contributed by atoms with E-state index in [2.05, 4.69) is 315 Å². The largest absolute Gasteiger partial charge is 0.294 e. The molecule has 5 heterocycles. The summed E-state index contributed by atoms with van der Waals surface area (Å²) in [6.07, 6.45) is 8.50. The number of nitrogens with zero attached hydrogens (tertiary/aromatic N) is 8. The van der Waals surface area contributed by atoms with Gasteiger partial charge in [-0.1, -0.05) is 166 Å². The smallest absolute Gasteiger partial charge is 0.233 e. The van der Waals surface area contributed by atoms with E-state index < -0.39 is 13.7 Å². The molecule has 0 N–H and O–H groups in total. The Morgan fingerprint density at radius 2 is 0.833 bits per heavy atom. The third kappa shape index (κ3) is 14.5. The monoisotopic (exact) mass is 1270 g/mol. The highest BCUT2D eigenvalue weighted by Gasteiger charge is 2.28. The summed E-state index contributed by atoms with van der Waals surface area (Å²) in [5, 5.41) is 2.35. The van der Waals surface area contributed by atoms with Gasteiger partial charge in [0.2, 0.25) is 22.4 Å². The van der Waals surface area contributed by atoms with Gasteiger partial charge in [-0.2, -0.15) is 13.7 Å². The second kappa shape index (κ2) is 30.0. The van der Waals surface area contributed by atoms with Gasteiger partial charge in [-0.25, -0.2) is 22.8 Å². The van der Waals surface area contributed by atoms with Crippen molar-refractivity contribution in [1.29, 1.82) is 0 Å². The van der Waals surface area contributed by atoms with Crippen molar-refractivity contribution < 1.29 is 31.1 Å². The quantitative estimate of drug-likeness (QED) is 0.136. The predicted molar refractivity (Wildman–Crippen MR) is 401 cm³/mol. The van der Waals surface area contributed by atoms with Crippen molar-refractivity contribution in [3.05, 3.63) is 299 Å². The first-order valence-corrected chi connectivity index (χ1v) is 33.3. The standard InChI is InChI=1S/C23H29N2.C19H20N.C18H18N.C16H17N2.C12H15N2/c1-16(2)19-12-9-13-20(17(3)4)22(19)25-15-14-24(6)23(25)21-11-8-7-10-18(21)5;1-13-11-14(2)15(3)17(12-13)19-10-9-16-7-5-6-8-18(16)20(19)4;1-13-8-10-16(14(2)12-13)18-11-9-15-6-4-5-7-17(15)19(18)3;1-12-8-4-5-9-13(12)16-17(2)14-10-6-7-11-15(14)18(16)3;1-10-6-4-5-7-11(10)12-13(2)8-9-14(12)3/h7-17H,1-6H3;5-12H,1-4H3;4-12H,1-3H3;4-11H,1-3H3;4-9H,1-3H3/q5*+1/i;2D3;1D3;;. The fraction of sp³-hybridized carbons (Fsp3) is 0.239.